The van der Waals surface area contributed by atoms with Gasteiger partial charge in [-0.1, -0.05) is 80.8 Å². The summed E-state index contributed by atoms with van der Waals surface area (Å²) >= 11 is -0.113. The number of alkyl halides is 4. The van der Waals surface area contributed by atoms with Gasteiger partial charge in [0, 0.05) is 11.3 Å². The molecule has 1 nitrogen and oxygen atoms in total. The van der Waals surface area contributed by atoms with Gasteiger partial charge in [0.25, 0.3) is 0 Å². The van der Waals surface area contributed by atoms with Gasteiger partial charge in [0.15, 0.2) is 0 Å². The van der Waals surface area contributed by atoms with Crippen molar-refractivity contribution in [1.82, 2.24) is 0 Å². The highest BCUT2D eigenvalue weighted by atomic mass is 32.2. The first-order valence-corrected chi connectivity index (χ1v) is 11.9. The Kier molecular flexibility index (Phi) is 8.84. The van der Waals surface area contributed by atoms with Crippen molar-refractivity contribution in [1.29, 1.82) is 0 Å². The van der Waals surface area contributed by atoms with E-state index in [9.17, 15) is 17.6 Å². The van der Waals surface area contributed by atoms with E-state index in [0.717, 1.165) is 29.7 Å². The average molecular weight is 477 g/mol. The fraction of sp³-hybridized carbons (Fsp3) is 0.333. The highest BCUT2D eigenvalue weighted by Gasteiger charge is 2.56. The summed E-state index contributed by atoms with van der Waals surface area (Å²) in [7, 11) is 0. The summed E-state index contributed by atoms with van der Waals surface area (Å²) in [6.45, 7) is 2.84. The molecule has 0 fully saturated rings. The molecule has 0 heterocycles. The van der Waals surface area contributed by atoms with Gasteiger partial charge in [-0.15, -0.1) is 0 Å². The summed E-state index contributed by atoms with van der Waals surface area (Å²) in [6, 6.07) is 21.4. The molecule has 176 valence electrons. The van der Waals surface area contributed by atoms with E-state index >= 15 is 0 Å². The van der Waals surface area contributed by atoms with Crippen molar-refractivity contribution in [2.75, 3.05) is 6.61 Å². The van der Waals surface area contributed by atoms with Crippen molar-refractivity contribution in [3.8, 4) is 16.9 Å². The molecule has 3 rings (SSSR count). The minimum Gasteiger partial charge on any atom is -0.494 e. The molecule has 0 saturated carbocycles. The number of ether oxygens (including phenoxy) is 1. The molecule has 0 aliphatic rings. The largest absolute Gasteiger partial charge is 0.494 e. The second-order valence-corrected chi connectivity index (χ2v) is 9.13. The lowest BCUT2D eigenvalue weighted by Gasteiger charge is -2.26. The Hall–Kier alpha value is -2.47. The van der Waals surface area contributed by atoms with Crippen molar-refractivity contribution < 1.29 is 22.3 Å². The van der Waals surface area contributed by atoms with Crippen LogP contribution in [-0.2, 0) is 6.42 Å². The van der Waals surface area contributed by atoms with Crippen LogP contribution < -0.4 is 4.74 Å². The summed E-state index contributed by atoms with van der Waals surface area (Å²) in [5, 5.41) is -4.22. The van der Waals surface area contributed by atoms with E-state index in [0.29, 0.717) is 6.61 Å². The van der Waals surface area contributed by atoms with Crippen molar-refractivity contribution in [3.63, 3.8) is 0 Å². The first-order valence-electron chi connectivity index (χ1n) is 11.1. The van der Waals surface area contributed by atoms with Gasteiger partial charge in [-0.3, -0.25) is 0 Å². The molecule has 6 heteroatoms. The molecule has 0 N–H and O–H groups in total. The van der Waals surface area contributed by atoms with Gasteiger partial charge >= 0.3 is 11.2 Å². The van der Waals surface area contributed by atoms with Gasteiger partial charge in [-0.2, -0.15) is 17.6 Å². The van der Waals surface area contributed by atoms with Gasteiger partial charge in [-0.05, 0) is 59.1 Å². The Labute approximate surface area is 197 Å². The number of hydrogen-bond donors (Lipinski definition) is 0. The van der Waals surface area contributed by atoms with Gasteiger partial charge in [-0.25, -0.2) is 0 Å². The Morgan fingerprint density at radius 2 is 1.33 bits per heavy atom. The van der Waals surface area contributed by atoms with Crippen LogP contribution in [0.25, 0.3) is 11.1 Å². The second-order valence-electron chi connectivity index (χ2n) is 7.94. The number of unbranched alkanes of at least 4 members (excludes halogenated alkanes) is 3. The number of benzene rings is 3. The smallest absolute Gasteiger partial charge is 0.360 e. The zero-order valence-electron chi connectivity index (χ0n) is 18.6. The molecule has 0 atom stereocenters. The van der Waals surface area contributed by atoms with Crippen LogP contribution in [0.4, 0.5) is 17.6 Å². The highest BCUT2D eigenvalue weighted by molar-refractivity contribution is 8.00. The van der Waals surface area contributed by atoms with E-state index in [1.165, 1.54) is 37.1 Å². The quantitative estimate of drug-likeness (QED) is 0.147. The maximum absolute atomic E-state index is 14.4. The molecule has 3 aromatic carbocycles. The fourth-order valence-electron chi connectivity index (χ4n) is 3.35. The molecule has 0 saturated heterocycles. The maximum atomic E-state index is 14.4. The van der Waals surface area contributed by atoms with Crippen molar-refractivity contribution in [2.45, 2.75) is 55.1 Å². The van der Waals surface area contributed by atoms with Crippen LogP contribution in [0, 0.1) is 0 Å². The van der Waals surface area contributed by atoms with Crippen molar-refractivity contribution >= 4 is 11.8 Å². The molecule has 0 spiro atoms. The lowest BCUT2D eigenvalue weighted by molar-refractivity contribution is -0.150. The highest BCUT2D eigenvalue weighted by Crippen LogP contribution is 2.48. The molecule has 0 radical (unpaired) electrons. The van der Waals surface area contributed by atoms with Gasteiger partial charge in [0.2, 0.25) is 0 Å². The summed E-state index contributed by atoms with van der Waals surface area (Å²) in [5.74, 6) is -3.41. The average Bonchev–Trinajstić information content (AvgIpc) is 2.80. The molecule has 0 aliphatic heterocycles. The topological polar surface area (TPSA) is 9.23 Å². The fourth-order valence-corrected chi connectivity index (χ4v) is 4.16. The Balaban J connectivity index is 1.59. The molecule has 0 amide bonds. The van der Waals surface area contributed by atoms with E-state index in [1.54, 1.807) is 30.3 Å². The molecule has 0 aliphatic carbocycles. The van der Waals surface area contributed by atoms with Crippen LogP contribution in [0.3, 0.4) is 0 Å². The van der Waals surface area contributed by atoms with Crippen LogP contribution in [0.5, 0.6) is 5.75 Å². The zero-order chi connectivity index (χ0) is 23.7. The summed E-state index contributed by atoms with van der Waals surface area (Å²) in [6.07, 6.45) is 3.51. The van der Waals surface area contributed by atoms with E-state index in [2.05, 4.69) is 6.92 Å². The Bertz CT molecular complexity index is 973. The molecule has 0 unspecified atom stereocenters. The third-order valence-electron chi connectivity index (χ3n) is 5.25. The number of rotatable bonds is 12. The van der Waals surface area contributed by atoms with E-state index in [4.69, 9.17) is 4.74 Å². The standard InChI is InChI=1S/C27H28F4OS/c1-2-3-4-8-19-32-24-17-15-23(16-18-24)22-13-11-21(12-14-22)20-26(28,29)27(30,31)33-25-9-6-5-7-10-25/h5-7,9-18H,2-4,8,19-20H2,1H3. The van der Waals surface area contributed by atoms with Crippen LogP contribution in [0.1, 0.15) is 38.2 Å². The van der Waals surface area contributed by atoms with Crippen LogP contribution in [0.2, 0.25) is 0 Å². The van der Waals surface area contributed by atoms with Gasteiger partial charge in [0.05, 0.1) is 6.61 Å². The second kappa shape index (κ2) is 11.6. The summed E-state index contributed by atoms with van der Waals surface area (Å²) in [4.78, 5) is 0.103. The predicted molar refractivity (Wildman–Crippen MR) is 127 cm³/mol. The lowest BCUT2D eigenvalue weighted by atomic mass is 10.0. The molecular weight excluding hydrogens is 448 g/mol. The number of halogens is 4. The van der Waals surface area contributed by atoms with Crippen molar-refractivity contribution in [2.24, 2.45) is 0 Å². The number of thioether (sulfide) groups is 1. The third kappa shape index (κ3) is 7.26. The van der Waals surface area contributed by atoms with Gasteiger partial charge < -0.3 is 4.74 Å². The first kappa shape index (κ1) is 25.2. The van der Waals surface area contributed by atoms with E-state index < -0.39 is 17.6 Å². The monoisotopic (exact) mass is 476 g/mol. The maximum Gasteiger partial charge on any atom is 0.360 e. The van der Waals surface area contributed by atoms with E-state index in [-0.39, 0.29) is 22.2 Å². The molecule has 0 bridgehead atoms. The molecule has 33 heavy (non-hydrogen) atoms. The van der Waals surface area contributed by atoms with Crippen LogP contribution in [0.15, 0.2) is 83.8 Å². The third-order valence-corrected chi connectivity index (χ3v) is 6.31. The van der Waals surface area contributed by atoms with E-state index in [1.807, 2.05) is 24.3 Å². The molecular formula is C27H28F4OS. The number of hydrogen-bond acceptors (Lipinski definition) is 2. The SMILES string of the molecule is CCCCCCOc1ccc(-c2ccc(CC(F)(F)C(F)(F)Sc3ccccc3)cc2)cc1. The summed E-state index contributed by atoms with van der Waals surface area (Å²) < 4.78 is 63.2. The molecule has 0 aromatic heterocycles. The predicted octanol–water partition coefficient (Wildman–Crippen LogP) is 8.88. The minimum absolute atomic E-state index is 0.103. The summed E-state index contributed by atoms with van der Waals surface area (Å²) in [5.41, 5.74) is 1.88. The zero-order valence-corrected chi connectivity index (χ0v) is 19.4. The minimum atomic E-state index is -4.22. The van der Waals surface area contributed by atoms with Crippen LogP contribution >= 0.6 is 11.8 Å². The van der Waals surface area contributed by atoms with Gasteiger partial charge in [0.1, 0.15) is 5.75 Å². The lowest BCUT2D eigenvalue weighted by Crippen LogP contribution is -2.39. The Morgan fingerprint density at radius 3 is 1.94 bits per heavy atom. The molecule has 3 aromatic rings. The Morgan fingerprint density at radius 1 is 0.727 bits per heavy atom. The normalized spacial score (nSPS) is 12.0. The van der Waals surface area contributed by atoms with Crippen molar-refractivity contribution in [3.05, 3.63) is 84.4 Å². The first-order chi connectivity index (χ1) is 15.8. The van der Waals surface area contributed by atoms with Crippen LogP contribution in [-0.4, -0.2) is 17.8 Å².